The maximum Gasteiger partial charge on any atom is 0.00120 e. The Labute approximate surface area is 83.5 Å². The number of hydrogen-bond acceptors (Lipinski definition) is 1. The van der Waals surface area contributed by atoms with E-state index in [9.17, 15) is 0 Å². The molecular weight excluding hydrogens is 158 g/mol. The lowest BCUT2D eigenvalue weighted by atomic mass is 9.81. The number of piperidine rings is 1. The normalized spacial score (nSPS) is 23.1. The quantitative estimate of drug-likeness (QED) is 0.635. The van der Waals surface area contributed by atoms with Gasteiger partial charge in [0, 0.05) is 6.54 Å². The van der Waals surface area contributed by atoms with Crippen molar-refractivity contribution in [2.75, 3.05) is 19.6 Å². The van der Waals surface area contributed by atoms with Gasteiger partial charge in [0.25, 0.3) is 0 Å². The van der Waals surface area contributed by atoms with Crippen LogP contribution < -0.4 is 0 Å². The van der Waals surface area contributed by atoms with Gasteiger partial charge in [-0.2, -0.15) is 0 Å². The SMILES string of the molecule is CC(CN1CCCCC1)C(C)(C)C. The van der Waals surface area contributed by atoms with Crippen molar-refractivity contribution < 1.29 is 0 Å². The molecule has 0 aromatic carbocycles. The van der Waals surface area contributed by atoms with Crippen LogP contribution in [0.1, 0.15) is 47.0 Å². The fraction of sp³-hybridized carbons (Fsp3) is 1.00. The molecule has 0 aromatic rings. The van der Waals surface area contributed by atoms with E-state index in [1.165, 1.54) is 38.9 Å². The van der Waals surface area contributed by atoms with E-state index in [1.54, 1.807) is 0 Å². The highest BCUT2D eigenvalue weighted by atomic mass is 15.1. The molecule has 1 unspecified atom stereocenters. The average molecular weight is 183 g/mol. The van der Waals surface area contributed by atoms with Gasteiger partial charge in [0.1, 0.15) is 0 Å². The second kappa shape index (κ2) is 4.45. The lowest BCUT2D eigenvalue weighted by Gasteiger charge is -2.34. The van der Waals surface area contributed by atoms with Crippen LogP contribution in [0.25, 0.3) is 0 Å². The second-order valence-electron chi connectivity index (χ2n) is 5.63. The van der Waals surface area contributed by atoms with E-state index in [1.807, 2.05) is 0 Å². The van der Waals surface area contributed by atoms with Crippen LogP contribution in [0.3, 0.4) is 0 Å². The molecule has 0 saturated carbocycles. The molecule has 1 nitrogen and oxygen atoms in total. The Bertz CT molecular complexity index is 140. The zero-order valence-electron chi connectivity index (χ0n) is 9.77. The van der Waals surface area contributed by atoms with Crippen molar-refractivity contribution in [1.29, 1.82) is 0 Å². The van der Waals surface area contributed by atoms with Gasteiger partial charge in [0.15, 0.2) is 0 Å². The third-order valence-electron chi connectivity index (χ3n) is 3.46. The highest BCUT2D eigenvalue weighted by Gasteiger charge is 2.22. The molecule has 13 heavy (non-hydrogen) atoms. The summed E-state index contributed by atoms with van der Waals surface area (Å²) in [6.07, 6.45) is 4.27. The van der Waals surface area contributed by atoms with E-state index in [4.69, 9.17) is 0 Å². The summed E-state index contributed by atoms with van der Waals surface area (Å²) >= 11 is 0. The monoisotopic (exact) mass is 183 g/mol. The van der Waals surface area contributed by atoms with Gasteiger partial charge in [0.05, 0.1) is 0 Å². The first-order valence-electron chi connectivity index (χ1n) is 5.72. The predicted octanol–water partition coefficient (Wildman–Crippen LogP) is 3.15. The minimum atomic E-state index is 0.470. The van der Waals surface area contributed by atoms with Crippen LogP contribution in [0, 0.1) is 11.3 Å². The molecule has 78 valence electrons. The summed E-state index contributed by atoms with van der Waals surface area (Å²) in [5, 5.41) is 0. The molecule has 1 atom stereocenters. The summed E-state index contributed by atoms with van der Waals surface area (Å²) in [5.41, 5.74) is 0.470. The van der Waals surface area contributed by atoms with Crippen molar-refractivity contribution in [2.24, 2.45) is 11.3 Å². The van der Waals surface area contributed by atoms with Crippen LogP contribution in [-0.4, -0.2) is 24.5 Å². The van der Waals surface area contributed by atoms with E-state index in [2.05, 4.69) is 32.6 Å². The largest absolute Gasteiger partial charge is 0.303 e. The number of nitrogens with zero attached hydrogens (tertiary/aromatic N) is 1. The summed E-state index contributed by atoms with van der Waals surface area (Å²) < 4.78 is 0. The van der Waals surface area contributed by atoms with Gasteiger partial charge in [-0.05, 0) is 37.3 Å². The van der Waals surface area contributed by atoms with Crippen LogP contribution in [0.5, 0.6) is 0 Å². The summed E-state index contributed by atoms with van der Waals surface area (Å²) in [6.45, 7) is 13.4. The summed E-state index contributed by atoms with van der Waals surface area (Å²) in [4.78, 5) is 2.64. The molecule has 0 amide bonds. The number of likely N-dealkylation sites (tertiary alicyclic amines) is 1. The van der Waals surface area contributed by atoms with E-state index in [0.717, 1.165) is 5.92 Å². The van der Waals surface area contributed by atoms with Crippen LogP contribution in [0.4, 0.5) is 0 Å². The van der Waals surface area contributed by atoms with Crippen molar-refractivity contribution in [3.8, 4) is 0 Å². The van der Waals surface area contributed by atoms with Crippen molar-refractivity contribution in [2.45, 2.75) is 47.0 Å². The van der Waals surface area contributed by atoms with Crippen molar-refractivity contribution in [1.82, 2.24) is 4.90 Å². The Balaban J connectivity index is 2.30. The summed E-state index contributed by atoms with van der Waals surface area (Å²) in [5.74, 6) is 0.811. The highest BCUT2D eigenvalue weighted by molar-refractivity contribution is 4.75. The first kappa shape index (κ1) is 11.0. The van der Waals surface area contributed by atoms with Gasteiger partial charge < -0.3 is 4.90 Å². The van der Waals surface area contributed by atoms with Crippen LogP contribution in [-0.2, 0) is 0 Å². The Hall–Kier alpha value is -0.0400. The van der Waals surface area contributed by atoms with Crippen LogP contribution >= 0.6 is 0 Å². The molecular formula is C12H25N. The van der Waals surface area contributed by atoms with Gasteiger partial charge in [-0.15, -0.1) is 0 Å². The molecule has 0 aromatic heterocycles. The molecule has 0 bridgehead atoms. The standard InChI is InChI=1S/C12H25N/c1-11(12(2,3)4)10-13-8-6-5-7-9-13/h11H,5-10H2,1-4H3. The Morgan fingerprint density at radius 2 is 1.62 bits per heavy atom. The van der Waals surface area contributed by atoms with Crippen LogP contribution in [0.15, 0.2) is 0 Å². The van der Waals surface area contributed by atoms with Gasteiger partial charge in [0.2, 0.25) is 0 Å². The van der Waals surface area contributed by atoms with Gasteiger partial charge in [-0.25, -0.2) is 0 Å². The average Bonchev–Trinajstić information content (AvgIpc) is 2.04. The maximum atomic E-state index is 2.64. The lowest BCUT2D eigenvalue weighted by Crippen LogP contribution is -2.37. The van der Waals surface area contributed by atoms with Crippen LogP contribution in [0.2, 0.25) is 0 Å². The summed E-state index contributed by atoms with van der Waals surface area (Å²) in [6, 6.07) is 0. The molecule has 0 radical (unpaired) electrons. The fourth-order valence-corrected chi connectivity index (χ4v) is 1.80. The minimum absolute atomic E-state index is 0.470. The lowest BCUT2D eigenvalue weighted by molar-refractivity contribution is 0.143. The summed E-state index contributed by atoms with van der Waals surface area (Å²) in [7, 11) is 0. The molecule has 1 heterocycles. The molecule has 1 rings (SSSR count). The first-order valence-corrected chi connectivity index (χ1v) is 5.72. The topological polar surface area (TPSA) is 3.24 Å². The van der Waals surface area contributed by atoms with E-state index in [0.29, 0.717) is 5.41 Å². The van der Waals surface area contributed by atoms with E-state index >= 15 is 0 Å². The minimum Gasteiger partial charge on any atom is -0.303 e. The van der Waals surface area contributed by atoms with Gasteiger partial charge in [-0.1, -0.05) is 34.1 Å². The van der Waals surface area contributed by atoms with Gasteiger partial charge in [-0.3, -0.25) is 0 Å². The molecule has 1 saturated heterocycles. The van der Waals surface area contributed by atoms with Gasteiger partial charge >= 0.3 is 0 Å². The number of hydrogen-bond donors (Lipinski definition) is 0. The first-order chi connectivity index (χ1) is 6.00. The third kappa shape index (κ3) is 3.68. The fourth-order valence-electron chi connectivity index (χ4n) is 1.80. The second-order valence-corrected chi connectivity index (χ2v) is 5.63. The molecule has 1 heteroatoms. The smallest absolute Gasteiger partial charge is 0.00120 e. The maximum absolute atomic E-state index is 2.64. The third-order valence-corrected chi connectivity index (χ3v) is 3.46. The number of rotatable bonds is 2. The predicted molar refractivity (Wildman–Crippen MR) is 58.9 cm³/mol. The Kier molecular flexibility index (Phi) is 3.78. The Morgan fingerprint density at radius 1 is 1.08 bits per heavy atom. The molecule has 1 aliphatic rings. The van der Waals surface area contributed by atoms with Crippen molar-refractivity contribution in [3.05, 3.63) is 0 Å². The molecule has 1 fully saturated rings. The molecule has 0 aliphatic carbocycles. The molecule has 1 aliphatic heterocycles. The zero-order valence-corrected chi connectivity index (χ0v) is 9.77. The Morgan fingerprint density at radius 3 is 2.08 bits per heavy atom. The van der Waals surface area contributed by atoms with Crippen molar-refractivity contribution in [3.63, 3.8) is 0 Å². The van der Waals surface area contributed by atoms with Crippen molar-refractivity contribution >= 4 is 0 Å². The molecule has 0 spiro atoms. The van der Waals surface area contributed by atoms with E-state index < -0.39 is 0 Å². The molecule has 0 N–H and O–H groups in total. The highest BCUT2D eigenvalue weighted by Crippen LogP contribution is 2.26. The van der Waals surface area contributed by atoms with E-state index in [-0.39, 0.29) is 0 Å². The zero-order chi connectivity index (χ0) is 9.90.